The molecule has 0 saturated carbocycles. The van der Waals surface area contributed by atoms with Gasteiger partial charge in [-0.1, -0.05) is 12.1 Å². The number of halogens is 1. The molecule has 1 heterocycles. The maximum absolute atomic E-state index is 13.2. The number of rotatable bonds is 2. The number of carboxylic acid groups (broad SMARTS) is 1. The summed E-state index contributed by atoms with van der Waals surface area (Å²) in [5.41, 5.74) is 2.09. The Morgan fingerprint density at radius 3 is 3.05 bits per heavy atom. The number of hydrogen-bond acceptors (Lipinski definition) is 2. The summed E-state index contributed by atoms with van der Waals surface area (Å²) in [6.07, 6.45) is 2.23. The zero-order chi connectivity index (χ0) is 13.4. The highest BCUT2D eigenvalue weighted by molar-refractivity contribution is 5.76. The van der Waals surface area contributed by atoms with E-state index in [9.17, 15) is 14.3 Å². The van der Waals surface area contributed by atoms with Crippen LogP contribution in [0.3, 0.4) is 0 Å². The predicted molar refractivity (Wildman–Crippen MR) is 67.3 cm³/mol. The number of hydrogen-bond donors (Lipinski definition) is 2. The van der Waals surface area contributed by atoms with E-state index in [-0.39, 0.29) is 5.82 Å². The van der Waals surface area contributed by atoms with Crippen LogP contribution in [0.15, 0.2) is 24.3 Å². The van der Waals surface area contributed by atoms with Gasteiger partial charge in [0.2, 0.25) is 0 Å². The molecule has 0 fully saturated rings. The maximum Gasteiger partial charge on any atom is 0.312 e. The van der Waals surface area contributed by atoms with E-state index in [1.807, 2.05) is 0 Å². The van der Waals surface area contributed by atoms with E-state index in [4.69, 9.17) is 0 Å². The van der Waals surface area contributed by atoms with Gasteiger partial charge in [0.25, 0.3) is 0 Å². The van der Waals surface area contributed by atoms with Crippen LogP contribution >= 0.6 is 0 Å². The lowest BCUT2D eigenvalue weighted by Gasteiger charge is -2.16. The summed E-state index contributed by atoms with van der Waals surface area (Å²) < 4.78 is 13.2. The zero-order valence-electron chi connectivity index (χ0n) is 10.2. The van der Waals surface area contributed by atoms with Gasteiger partial charge in [0.15, 0.2) is 0 Å². The number of nitrogens with zero attached hydrogens (tertiary/aromatic N) is 1. The largest absolute Gasteiger partial charge is 0.481 e. The first kappa shape index (κ1) is 11.9. The quantitative estimate of drug-likeness (QED) is 0.872. The molecule has 1 unspecified atom stereocenters. The van der Waals surface area contributed by atoms with Gasteiger partial charge in [-0.15, -0.1) is 0 Å². The molecule has 1 aliphatic carbocycles. The van der Waals surface area contributed by atoms with Crippen LogP contribution in [0.2, 0.25) is 0 Å². The highest BCUT2D eigenvalue weighted by Crippen LogP contribution is 2.32. The molecular formula is C14H13FN2O2. The van der Waals surface area contributed by atoms with Crippen molar-refractivity contribution in [2.75, 3.05) is 0 Å². The number of benzene rings is 1. The van der Waals surface area contributed by atoms with Crippen molar-refractivity contribution < 1.29 is 14.3 Å². The molecule has 0 aliphatic heterocycles. The molecular weight excluding hydrogens is 247 g/mol. The van der Waals surface area contributed by atoms with Crippen LogP contribution in [0.5, 0.6) is 0 Å². The maximum atomic E-state index is 13.2. The lowest BCUT2D eigenvalue weighted by atomic mass is 9.90. The topological polar surface area (TPSA) is 66.0 Å². The van der Waals surface area contributed by atoms with Crippen molar-refractivity contribution in [1.82, 2.24) is 9.97 Å². The minimum atomic E-state index is -0.849. The Morgan fingerprint density at radius 1 is 1.47 bits per heavy atom. The SMILES string of the molecule is O=C(O)C1CCCc2[nH]c(-c3cccc(F)c3)nc21. The zero-order valence-corrected chi connectivity index (χ0v) is 10.2. The average Bonchev–Trinajstić information content (AvgIpc) is 2.82. The Hall–Kier alpha value is -2.17. The molecule has 1 atom stereocenters. The van der Waals surface area contributed by atoms with Crippen LogP contribution in [0.25, 0.3) is 11.4 Å². The molecule has 3 rings (SSSR count). The number of nitrogens with one attached hydrogen (secondary N) is 1. The first-order chi connectivity index (χ1) is 9.15. The summed E-state index contributed by atoms with van der Waals surface area (Å²) >= 11 is 0. The van der Waals surface area contributed by atoms with Gasteiger partial charge in [-0.3, -0.25) is 4.79 Å². The van der Waals surface area contributed by atoms with Crippen molar-refractivity contribution in [1.29, 1.82) is 0 Å². The first-order valence-corrected chi connectivity index (χ1v) is 6.22. The summed E-state index contributed by atoms with van der Waals surface area (Å²) in [6.45, 7) is 0. The van der Waals surface area contributed by atoms with Gasteiger partial charge in [-0.25, -0.2) is 9.37 Å². The highest BCUT2D eigenvalue weighted by Gasteiger charge is 2.29. The van der Waals surface area contributed by atoms with Gasteiger partial charge in [0.1, 0.15) is 17.6 Å². The molecule has 0 saturated heterocycles. The first-order valence-electron chi connectivity index (χ1n) is 6.22. The third-order valence-corrected chi connectivity index (χ3v) is 3.46. The molecule has 1 aromatic carbocycles. The second-order valence-electron chi connectivity index (χ2n) is 4.74. The number of aromatic nitrogens is 2. The monoisotopic (exact) mass is 260 g/mol. The number of aryl methyl sites for hydroxylation is 1. The molecule has 2 aromatic rings. The Balaban J connectivity index is 2.04. The third-order valence-electron chi connectivity index (χ3n) is 3.46. The van der Waals surface area contributed by atoms with E-state index < -0.39 is 11.9 Å². The molecule has 1 aromatic heterocycles. The number of aromatic amines is 1. The standard InChI is InChI=1S/C14H13FN2O2/c15-9-4-1-3-8(7-9)13-16-11-6-2-5-10(14(18)19)12(11)17-13/h1,3-4,7,10H,2,5-6H2,(H,16,17)(H,18,19). The number of fused-ring (bicyclic) bond motifs is 1. The van der Waals surface area contributed by atoms with Gasteiger partial charge < -0.3 is 10.1 Å². The molecule has 0 radical (unpaired) electrons. The fraction of sp³-hybridized carbons (Fsp3) is 0.286. The van der Waals surface area contributed by atoms with Crippen LogP contribution in [0, 0.1) is 5.82 Å². The van der Waals surface area contributed by atoms with E-state index in [1.165, 1.54) is 12.1 Å². The van der Waals surface area contributed by atoms with Crippen LogP contribution in [0.1, 0.15) is 30.1 Å². The van der Waals surface area contributed by atoms with Crippen molar-refractivity contribution >= 4 is 5.97 Å². The normalized spacial score (nSPS) is 18.1. The van der Waals surface area contributed by atoms with E-state index in [0.29, 0.717) is 23.5 Å². The van der Waals surface area contributed by atoms with Crippen molar-refractivity contribution in [3.8, 4) is 11.4 Å². The van der Waals surface area contributed by atoms with Crippen molar-refractivity contribution in [3.05, 3.63) is 41.5 Å². The molecule has 98 valence electrons. The third kappa shape index (κ3) is 2.12. The van der Waals surface area contributed by atoms with Gasteiger partial charge >= 0.3 is 5.97 Å². The van der Waals surface area contributed by atoms with Gasteiger partial charge in [-0.05, 0) is 31.4 Å². The number of carboxylic acids is 1. The van der Waals surface area contributed by atoms with E-state index >= 15 is 0 Å². The Morgan fingerprint density at radius 2 is 2.32 bits per heavy atom. The molecule has 5 heteroatoms. The van der Waals surface area contributed by atoms with Gasteiger partial charge in [0, 0.05) is 11.3 Å². The van der Waals surface area contributed by atoms with Crippen LogP contribution in [-0.4, -0.2) is 21.0 Å². The highest BCUT2D eigenvalue weighted by atomic mass is 19.1. The van der Waals surface area contributed by atoms with E-state index in [2.05, 4.69) is 9.97 Å². The lowest BCUT2D eigenvalue weighted by molar-refractivity contribution is -0.139. The fourth-order valence-corrected chi connectivity index (χ4v) is 2.53. The van der Waals surface area contributed by atoms with Gasteiger partial charge in [0.05, 0.1) is 5.69 Å². The van der Waals surface area contributed by atoms with Crippen molar-refractivity contribution in [3.63, 3.8) is 0 Å². The Labute approximate surface area is 109 Å². The van der Waals surface area contributed by atoms with Crippen molar-refractivity contribution in [2.24, 2.45) is 0 Å². The summed E-state index contributed by atoms with van der Waals surface area (Å²) in [6, 6.07) is 6.12. The van der Waals surface area contributed by atoms with Gasteiger partial charge in [-0.2, -0.15) is 0 Å². The molecule has 0 bridgehead atoms. The summed E-state index contributed by atoms with van der Waals surface area (Å²) in [4.78, 5) is 18.7. The molecule has 4 nitrogen and oxygen atoms in total. The lowest BCUT2D eigenvalue weighted by Crippen LogP contribution is -2.17. The average molecular weight is 260 g/mol. The molecule has 0 spiro atoms. The van der Waals surface area contributed by atoms with Crippen LogP contribution in [0.4, 0.5) is 4.39 Å². The van der Waals surface area contributed by atoms with Crippen molar-refractivity contribution in [2.45, 2.75) is 25.2 Å². The smallest absolute Gasteiger partial charge is 0.312 e. The molecule has 0 amide bonds. The second-order valence-corrected chi connectivity index (χ2v) is 4.74. The van der Waals surface area contributed by atoms with E-state index in [1.54, 1.807) is 12.1 Å². The van der Waals surface area contributed by atoms with Crippen LogP contribution in [-0.2, 0) is 11.2 Å². The summed E-state index contributed by atoms with van der Waals surface area (Å²) in [7, 11) is 0. The summed E-state index contributed by atoms with van der Waals surface area (Å²) in [5.74, 6) is -1.19. The van der Waals surface area contributed by atoms with E-state index in [0.717, 1.165) is 18.5 Å². The molecule has 1 aliphatic rings. The number of H-pyrrole nitrogens is 1. The predicted octanol–water partition coefficient (Wildman–Crippen LogP) is 2.72. The fourth-order valence-electron chi connectivity index (χ4n) is 2.53. The Kier molecular flexibility index (Phi) is 2.81. The molecule has 2 N–H and O–H groups in total. The summed E-state index contributed by atoms with van der Waals surface area (Å²) in [5, 5.41) is 9.20. The minimum Gasteiger partial charge on any atom is -0.481 e. The minimum absolute atomic E-state index is 0.332. The second kappa shape index (κ2) is 4.50. The number of imidazole rings is 1. The van der Waals surface area contributed by atoms with Crippen LogP contribution < -0.4 is 0 Å². The number of carbonyl (C=O) groups is 1. The number of aliphatic carboxylic acids is 1. The molecule has 19 heavy (non-hydrogen) atoms. The Bertz CT molecular complexity index is 636.